The molecule has 24 nitrogen and oxygen atoms in total. The summed E-state index contributed by atoms with van der Waals surface area (Å²) >= 11 is 0. The minimum Gasteiger partial charge on any atom is -0.548 e. The number of rotatable bonds is 33. The van der Waals surface area contributed by atoms with Gasteiger partial charge in [0.05, 0.1) is 29.8 Å². The topological polar surface area (TPSA) is 314 Å². The molecule has 150 heavy (non-hydrogen) atoms. The molecule has 0 radical (unpaired) electrons. The third-order valence-corrected chi connectivity index (χ3v) is 25.7. The van der Waals surface area contributed by atoms with Crippen LogP contribution in [0, 0.1) is 30.3 Å². The molecule has 0 bridgehead atoms. The summed E-state index contributed by atoms with van der Waals surface area (Å²) < 4.78 is 19.3. The number of carbonyl (C=O) groups is 5. The molecular weight excluding hydrogens is 2350 g/mol. The van der Waals surface area contributed by atoms with E-state index < -0.39 is 29.8 Å². The van der Waals surface area contributed by atoms with Crippen molar-refractivity contribution in [1.29, 1.82) is 0 Å². The van der Waals surface area contributed by atoms with Gasteiger partial charge in [0.25, 0.3) is 0 Å². The molecule has 0 aromatic heterocycles. The standard InChI is InChI=1S/5C16H26N.5C5H9NO2.4C4H10O.5Pd/c5*1-11(2)14-8-9-15(12(3)4)16(10-14)13(5)17(6)7;5*7-5(8)4-2-1-3-6-4;4*1-3-5-4-2;;;;;/h5*8-9,11-13H,1-7H3;5*4,6H,1-3H2,(H,7,8);4*3-4H2,1-2H3;;;;;/q5*-1;;;;;;;;;;5*+2/p-5/t5*13-;5*4-;;;;;;;;;/m0000000000........./s1. The Morgan fingerprint density at radius 2 is 0.360 bits per heavy atom. The number of hydrogen-bond donors (Lipinski definition) is 5. The molecule has 5 N–H and O–H groups in total. The zero-order valence-corrected chi connectivity index (χ0v) is 109. The van der Waals surface area contributed by atoms with Crippen molar-refractivity contribution in [2.45, 2.75) is 412 Å². The normalized spacial score (nSPS) is 16.5. The van der Waals surface area contributed by atoms with Crippen molar-refractivity contribution in [1.82, 2.24) is 51.1 Å². The fraction of sp³-hybridized carbons (Fsp3) is 0.711. The van der Waals surface area contributed by atoms with Gasteiger partial charge in [0.2, 0.25) is 0 Å². The van der Waals surface area contributed by atoms with E-state index in [-0.39, 0.29) is 132 Å². The van der Waals surface area contributed by atoms with E-state index >= 15 is 0 Å². The largest absolute Gasteiger partial charge is 2.00 e. The number of carbonyl (C=O) groups excluding carboxylic acids is 5. The van der Waals surface area contributed by atoms with Crippen LogP contribution in [0.15, 0.2) is 60.7 Å². The summed E-state index contributed by atoms with van der Waals surface area (Å²) in [4.78, 5) is 61.4. The number of carboxylic acids is 5. The Labute approximate surface area is 986 Å². The van der Waals surface area contributed by atoms with Crippen LogP contribution in [-0.2, 0) is 145 Å². The molecule has 10 rings (SSSR count). The summed E-state index contributed by atoms with van der Waals surface area (Å²) in [6, 6.07) is 40.9. The molecule has 878 valence electrons. The number of benzene rings is 5. The van der Waals surface area contributed by atoms with Gasteiger partial charge in [-0.3, -0.25) is 0 Å². The van der Waals surface area contributed by atoms with Gasteiger partial charge in [-0.25, -0.2) is 0 Å². The molecular formula is C121H210N10O14Pd5. The van der Waals surface area contributed by atoms with E-state index in [1.165, 1.54) is 83.5 Å². The molecule has 5 aromatic carbocycles. The molecule has 5 aromatic rings. The Bertz CT molecular complexity index is 3560. The van der Waals surface area contributed by atoms with Crippen molar-refractivity contribution in [2.24, 2.45) is 0 Å². The van der Waals surface area contributed by atoms with Crippen molar-refractivity contribution >= 4 is 29.8 Å². The van der Waals surface area contributed by atoms with Crippen LogP contribution in [0.2, 0.25) is 0 Å². The number of nitrogens with one attached hydrogen (secondary N) is 5. The maximum Gasteiger partial charge on any atom is 2.00 e. The van der Waals surface area contributed by atoms with Gasteiger partial charge in [0, 0.05) is 113 Å². The van der Waals surface area contributed by atoms with Gasteiger partial charge in [-0.1, -0.05) is 168 Å². The van der Waals surface area contributed by atoms with E-state index in [1.54, 1.807) is 0 Å². The molecule has 5 heterocycles. The summed E-state index contributed by atoms with van der Waals surface area (Å²) in [6.07, 6.45) is 8.41. The van der Waals surface area contributed by atoms with Gasteiger partial charge in [-0.15, -0.1) is 55.6 Å². The zero-order chi connectivity index (χ0) is 112. The van der Waals surface area contributed by atoms with Crippen LogP contribution in [0.4, 0.5) is 0 Å². The molecule has 0 unspecified atom stereocenters. The van der Waals surface area contributed by atoms with Crippen molar-refractivity contribution in [3.8, 4) is 0 Å². The quantitative estimate of drug-likeness (QED) is 0.0192. The average molecular weight is 2560 g/mol. The maximum atomic E-state index is 10.0. The maximum absolute atomic E-state index is 10.0. The predicted molar refractivity (Wildman–Crippen MR) is 597 cm³/mol. The fourth-order valence-electron chi connectivity index (χ4n) is 15.2. The van der Waals surface area contributed by atoms with E-state index in [0.29, 0.717) is 89.4 Å². The third-order valence-electron chi connectivity index (χ3n) is 25.7. The van der Waals surface area contributed by atoms with Crippen LogP contribution in [-0.4, -0.2) is 241 Å². The van der Waals surface area contributed by atoms with Crippen LogP contribution in [0.1, 0.15) is 466 Å². The Hall–Kier alpha value is -3.80. The van der Waals surface area contributed by atoms with Crippen molar-refractivity contribution in [3.63, 3.8) is 0 Å². The molecule has 5 saturated heterocycles. The van der Waals surface area contributed by atoms with Crippen LogP contribution in [0.25, 0.3) is 0 Å². The van der Waals surface area contributed by atoms with Crippen LogP contribution in [0.3, 0.4) is 0 Å². The minimum absolute atomic E-state index is 0. The van der Waals surface area contributed by atoms with Gasteiger partial charge in [-0.05, 0) is 287 Å². The Balaban J connectivity index is -0.000000208. The number of ether oxygens (including phenoxy) is 4. The SMILES string of the molecule is CC(C)c1[c-]c([C@H](C)N(C)C)c(C(C)C)cc1.CC(C)c1[c-]c([C@H](C)N(C)C)c(C(C)C)cc1.CC(C)c1[c-]c([C@H](C)N(C)C)c(C(C)C)cc1.CC(C)c1[c-]c([C@H](C)N(C)C)c(C(C)C)cc1.CC(C)c1[c-]c([C@H](C)N(C)C)c(C(C)C)cc1.CCOCC.CCOCC.CCOCC.CCOCC.O=C([O-])[C@@H]1CCCN1.O=C([O-])[C@@H]1CCCN1.O=C([O-])[C@@H]1CCCN1.O=C([O-])[C@@H]1CCCN1.O=C([O-])[C@@H]1CCCN1.[Pd+2].[Pd+2].[Pd+2].[Pd+2].[Pd+2]. The minimum atomic E-state index is -0.970. The zero-order valence-electron chi connectivity index (χ0n) is 101. The third kappa shape index (κ3) is 70.9. The second kappa shape index (κ2) is 95.1. The second-order valence-corrected chi connectivity index (χ2v) is 41.6. The van der Waals surface area contributed by atoms with E-state index in [4.69, 9.17) is 18.9 Å². The number of hydrogen-bond acceptors (Lipinski definition) is 24. The summed E-state index contributed by atoms with van der Waals surface area (Å²) in [6.45, 7) is 82.8. The number of aliphatic carboxylic acids is 5. The van der Waals surface area contributed by atoms with E-state index in [2.05, 4.69) is 386 Å². The van der Waals surface area contributed by atoms with Gasteiger partial charge >= 0.3 is 102 Å². The summed E-state index contributed by atoms with van der Waals surface area (Å²) in [5, 5.41) is 64.1. The molecule has 0 saturated carbocycles. The Morgan fingerprint density at radius 3 is 0.420 bits per heavy atom. The van der Waals surface area contributed by atoms with Gasteiger partial charge in [0.15, 0.2) is 0 Å². The average Bonchev–Trinajstić information content (AvgIpc) is 1.07. The van der Waals surface area contributed by atoms with Crippen molar-refractivity contribution in [3.05, 3.63) is 174 Å². The molecule has 0 amide bonds. The smallest absolute Gasteiger partial charge is 0.548 e. The first-order chi connectivity index (χ1) is 67.9. The van der Waals surface area contributed by atoms with Crippen LogP contribution in [0.5, 0.6) is 0 Å². The van der Waals surface area contributed by atoms with Gasteiger partial charge < -0.3 is 120 Å². The fourth-order valence-corrected chi connectivity index (χ4v) is 15.2. The van der Waals surface area contributed by atoms with Gasteiger partial charge in [0.1, 0.15) is 0 Å². The van der Waals surface area contributed by atoms with Crippen molar-refractivity contribution in [2.75, 3.05) is 156 Å². The predicted octanol–water partition coefficient (Wildman–Crippen LogP) is 18.4. The number of carboxylic acid groups (broad SMARTS) is 5. The summed E-state index contributed by atoms with van der Waals surface area (Å²) in [5.74, 6) is 0.679. The van der Waals surface area contributed by atoms with E-state index in [9.17, 15) is 49.5 Å². The van der Waals surface area contributed by atoms with Crippen molar-refractivity contribution < 1.29 is 171 Å². The molecule has 5 fully saturated rings. The second-order valence-electron chi connectivity index (χ2n) is 41.6. The Kier molecular flexibility index (Phi) is 104. The molecule has 5 aliphatic heterocycles. The van der Waals surface area contributed by atoms with Gasteiger partial charge in [-0.2, -0.15) is 119 Å². The monoisotopic (exact) mass is 2560 g/mol. The molecule has 0 aliphatic carbocycles. The van der Waals surface area contributed by atoms with Crippen LogP contribution >= 0.6 is 0 Å². The van der Waals surface area contributed by atoms with Crippen LogP contribution < -0.4 is 52.1 Å². The summed E-state index contributed by atoms with van der Waals surface area (Å²) in [7, 11) is 21.3. The first-order valence-electron chi connectivity index (χ1n) is 54.5. The summed E-state index contributed by atoms with van der Waals surface area (Å²) in [5.41, 5.74) is 20.5. The first-order valence-corrected chi connectivity index (χ1v) is 54.5. The molecule has 5 aliphatic rings. The Morgan fingerprint density at radius 1 is 0.240 bits per heavy atom. The number of nitrogens with zero attached hydrogens (tertiary/aromatic N) is 5. The molecule has 0 spiro atoms. The molecule has 10 atom stereocenters. The first kappa shape index (κ1) is 164. The molecule has 29 heteroatoms. The van der Waals surface area contributed by atoms with E-state index in [1.807, 2.05) is 55.4 Å². The van der Waals surface area contributed by atoms with E-state index in [0.717, 1.165) is 150 Å².